The number of thiophene rings is 1. The lowest BCUT2D eigenvalue weighted by Gasteiger charge is -2.26. The maximum Gasteiger partial charge on any atom is 0.0931 e. The number of halogens is 1. The van der Waals surface area contributed by atoms with Crippen LogP contribution in [0.5, 0.6) is 0 Å². The maximum atomic E-state index is 5.94. The molecule has 98 valence electrons. The summed E-state index contributed by atoms with van der Waals surface area (Å²) in [5.41, 5.74) is 0. The van der Waals surface area contributed by atoms with Crippen LogP contribution in [0.15, 0.2) is 24.3 Å². The van der Waals surface area contributed by atoms with Gasteiger partial charge in [-0.3, -0.25) is 0 Å². The average Bonchev–Trinajstić information content (AvgIpc) is 3.05. The summed E-state index contributed by atoms with van der Waals surface area (Å²) in [6.07, 6.45) is 8.74. The highest BCUT2D eigenvalue weighted by Crippen LogP contribution is 2.44. The Labute approximate surface area is 118 Å². The molecule has 0 amide bonds. The van der Waals surface area contributed by atoms with Crippen molar-refractivity contribution in [2.75, 3.05) is 6.54 Å². The van der Waals surface area contributed by atoms with Crippen molar-refractivity contribution in [2.45, 2.75) is 32.2 Å². The summed E-state index contributed by atoms with van der Waals surface area (Å²) >= 11 is 7.64. The highest BCUT2D eigenvalue weighted by Gasteiger charge is 2.38. The monoisotopic (exact) mass is 281 g/mol. The number of nitrogens with one attached hydrogen (secondary N) is 1. The van der Waals surface area contributed by atoms with Gasteiger partial charge in [-0.2, -0.15) is 0 Å². The van der Waals surface area contributed by atoms with Gasteiger partial charge < -0.3 is 5.32 Å². The normalized spacial score (nSPS) is 31.1. The molecule has 1 heterocycles. The van der Waals surface area contributed by atoms with E-state index in [0.717, 1.165) is 35.1 Å². The Morgan fingerprint density at radius 3 is 2.89 bits per heavy atom. The zero-order valence-electron chi connectivity index (χ0n) is 10.7. The van der Waals surface area contributed by atoms with Crippen molar-refractivity contribution in [2.24, 2.45) is 17.8 Å². The molecular formula is C15H20ClNS. The van der Waals surface area contributed by atoms with Crippen LogP contribution in [0.2, 0.25) is 4.34 Å². The van der Waals surface area contributed by atoms with Gasteiger partial charge in [-0.15, -0.1) is 11.3 Å². The van der Waals surface area contributed by atoms with E-state index in [2.05, 4.69) is 30.5 Å². The van der Waals surface area contributed by atoms with Crippen LogP contribution in [0, 0.1) is 17.8 Å². The zero-order valence-corrected chi connectivity index (χ0v) is 12.3. The highest BCUT2D eigenvalue weighted by atomic mass is 35.5. The molecule has 2 aliphatic rings. The van der Waals surface area contributed by atoms with Gasteiger partial charge in [0.25, 0.3) is 0 Å². The zero-order chi connectivity index (χ0) is 12.5. The molecule has 2 aliphatic carbocycles. The van der Waals surface area contributed by atoms with E-state index in [4.69, 9.17) is 11.6 Å². The van der Waals surface area contributed by atoms with Crippen molar-refractivity contribution in [3.63, 3.8) is 0 Å². The predicted molar refractivity (Wildman–Crippen MR) is 79.3 cm³/mol. The summed E-state index contributed by atoms with van der Waals surface area (Å²) in [7, 11) is 0. The van der Waals surface area contributed by atoms with Crippen molar-refractivity contribution in [1.29, 1.82) is 0 Å². The first-order valence-corrected chi connectivity index (χ1v) is 8.08. The Morgan fingerprint density at radius 2 is 2.28 bits per heavy atom. The van der Waals surface area contributed by atoms with Crippen LogP contribution in [-0.4, -0.2) is 12.6 Å². The van der Waals surface area contributed by atoms with Crippen LogP contribution < -0.4 is 5.32 Å². The molecule has 2 bridgehead atoms. The van der Waals surface area contributed by atoms with Crippen LogP contribution in [-0.2, 0) is 6.42 Å². The molecule has 1 nitrogen and oxygen atoms in total. The molecule has 3 heteroatoms. The molecule has 3 rings (SSSR count). The van der Waals surface area contributed by atoms with Gasteiger partial charge in [-0.05, 0) is 56.1 Å². The predicted octanol–water partition coefficient (Wildman–Crippen LogP) is 4.13. The van der Waals surface area contributed by atoms with Gasteiger partial charge in [0.2, 0.25) is 0 Å². The van der Waals surface area contributed by atoms with E-state index in [1.165, 1.54) is 17.7 Å². The fraction of sp³-hybridized carbons (Fsp3) is 0.600. The molecule has 0 aliphatic heterocycles. The quantitative estimate of drug-likeness (QED) is 0.800. The third kappa shape index (κ3) is 2.66. The van der Waals surface area contributed by atoms with E-state index in [1.54, 1.807) is 11.3 Å². The second kappa shape index (κ2) is 5.36. The van der Waals surface area contributed by atoms with Crippen molar-refractivity contribution < 1.29 is 0 Å². The molecule has 0 saturated heterocycles. The summed E-state index contributed by atoms with van der Waals surface area (Å²) in [4.78, 5) is 1.38. The minimum absolute atomic E-state index is 0.639. The van der Waals surface area contributed by atoms with Crippen molar-refractivity contribution >= 4 is 22.9 Å². The smallest absolute Gasteiger partial charge is 0.0931 e. The summed E-state index contributed by atoms with van der Waals surface area (Å²) in [6, 6.07) is 4.77. The van der Waals surface area contributed by atoms with E-state index >= 15 is 0 Å². The lowest BCUT2D eigenvalue weighted by Crippen LogP contribution is -2.36. The van der Waals surface area contributed by atoms with E-state index < -0.39 is 0 Å². The Bertz CT molecular complexity index is 439. The van der Waals surface area contributed by atoms with Gasteiger partial charge in [0.15, 0.2) is 0 Å². The Balaban J connectivity index is 1.44. The molecule has 1 saturated carbocycles. The van der Waals surface area contributed by atoms with Gasteiger partial charge in [0.1, 0.15) is 0 Å². The second-order valence-corrected chi connectivity index (χ2v) is 7.44. The topological polar surface area (TPSA) is 12.0 Å². The number of fused-ring (bicyclic) bond motifs is 2. The Kier molecular flexibility index (Phi) is 3.78. The minimum atomic E-state index is 0.639. The van der Waals surface area contributed by atoms with Gasteiger partial charge in [0, 0.05) is 17.5 Å². The first-order chi connectivity index (χ1) is 8.72. The number of allylic oxidation sites excluding steroid dienone is 2. The minimum Gasteiger partial charge on any atom is -0.314 e. The van der Waals surface area contributed by atoms with Crippen LogP contribution >= 0.6 is 22.9 Å². The highest BCUT2D eigenvalue weighted by molar-refractivity contribution is 7.16. The summed E-state index contributed by atoms with van der Waals surface area (Å²) in [5.74, 6) is 2.57. The molecule has 1 N–H and O–H groups in total. The lowest BCUT2D eigenvalue weighted by atomic mass is 9.87. The molecule has 0 aromatic carbocycles. The summed E-state index contributed by atoms with van der Waals surface area (Å²) < 4.78 is 0.899. The molecule has 1 fully saturated rings. The molecule has 4 atom stereocenters. The molecule has 0 radical (unpaired) electrons. The van der Waals surface area contributed by atoms with Crippen LogP contribution in [0.1, 0.15) is 24.6 Å². The number of hydrogen-bond donors (Lipinski definition) is 1. The SMILES string of the molecule is CC(NCCc1ccc(Cl)s1)C1CC2C=CC1C2. The van der Waals surface area contributed by atoms with Gasteiger partial charge in [-0.25, -0.2) is 0 Å². The van der Waals surface area contributed by atoms with Gasteiger partial charge >= 0.3 is 0 Å². The van der Waals surface area contributed by atoms with E-state index in [1.807, 2.05) is 6.07 Å². The molecule has 18 heavy (non-hydrogen) atoms. The first kappa shape index (κ1) is 12.7. The van der Waals surface area contributed by atoms with E-state index in [-0.39, 0.29) is 0 Å². The molecule has 4 unspecified atom stereocenters. The standard InChI is InChI=1S/C15H20ClNS/c1-10(14-9-11-2-3-12(14)8-11)17-7-6-13-4-5-15(16)18-13/h2-5,10-12,14,17H,6-9H2,1H3. The fourth-order valence-corrected chi connectivity index (χ4v) is 4.55. The Morgan fingerprint density at radius 1 is 1.39 bits per heavy atom. The van der Waals surface area contributed by atoms with Crippen LogP contribution in [0.25, 0.3) is 0 Å². The van der Waals surface area contributed by atoms with Gasteiger partial charge in [-0.1, -0.05) is 23.8 Å². The van der Waals surface area contributed by atoms with Crippen molar-refractivity contribution in [3.05, 3.63) is 33.5 Å². The largest absolute Gasteiger partial charge is 0.314 e. The van der Waals surface area contributed by atoms with Crippen LogP contribution in [0.4, 0.5) is 0 Å². The Hall–Kier alpha value is -0.310. The second-order valence-electron chi connectivity index (χ2n) is 5.64. The number of hydrogen-bond acceptors (Lipinski definition) is 2. The third-order valence-corrected chi connectivity index (χ3v) is 5.73. The molecule has 1 aromatic heterocycles. The summed E-state index contributed by atoms with van der Waals surface area (Å²) in [6.45, 7) is 3.41. The summed E-state index contributed by atoms with van der Waals surface area (Å²) in [5, 5.41) is 3.70. The van der Waals surface area contributed by atoms with E-state index in [0.29, 0.717) is 6.04 Å². The third-order valence-electron chi connectivity index (χ3n) is 4.44. The van der Waals surface area contributed by atoms with Gasteiger partial charge in [0.05, 0.1) is 4.34 Å². The maximum absolute atomic E-state index is 5.94. The lowest BCUT2D eigenvalue weighted by molar-refractivity contribution is 0.329. The van der Waals surface area contributed by atoms with E-state index in [9.17, 15) is 0 Å². The average molecular weight is 282 g/mol. The number of rotatable bonds is 5. The molecule has 0 spiro atoms. The first-order valence-electron chi connectivity index (χ1n) is 6.88. The van der Waals surface area contributed by atoms with Crippen LogP contribution in [0.3, 0.4) is 0 Å². The fourth-order valence-electron chi connectivity index (χ4n) is 3.46. The molecule has 1 aromatic rings. The molecular weight excluding hydrogens is 262 g/mol. The van der Waals surface area contributed by atoms with Crippen molar-refractivity contribution in [1.82, 2.24) is 5.32 Å². The van der Waals surface area contributed by atoms with Crippen molar-refractivity contribution in [3.8, 4) is 0 Å².